The second kappa shape index (κ2) is 15.4. The van der Waals surface area contributed by atoms with Crippen LogP contribution in [-0.2, 0) is 35.6 Å². The van der Waals surface area contributed by atoms with Crippen molar-refractivity contribution >= 4 is 57.1 Å². The van der Waals surface area contributed by atoms with Crippen LogP contribution in [0.5, 0.6) is 0 Å². The summed E-state index contributed by atoms with van der Waals surface area (Å²) in [5.41, 5.74) is 2.51. The van der Waals surface area contributed by atoms with Crippen molar-refractivity contribution in [3.8, 4) is 0 Å². The summed E-state index contributed by atoms with van der Waals surface area (Å²) in [6, 6.07) is 27.4. The van der Waals surface area contributed by atoms with E-state index in [1.165, 1.54) is 46.3 Å². The molecule has 2 amide bonds. The van der Waals surface area contributed by atoms with Crippen molar-refractivity contribution in [2.24, 2.45) is 5.10 Å². The van der Waals surface area contributed by atoms with Gasteiger partial charge in [-0.2, -0.15) is 0 Å². The van der Waals surface area contributed by atoms with Crippen LogP contribution >= 0.6 is 23.1 Å². The number of nitrogens with one attached hydrogen (secondary N) is 1. The molecule has 4 aromatic rings. The van der Waals surface area contributed by atoms with Gasteiger partial charge in [0.1, 0.15) is 27.1 Å². The SMILES string of the molecule is Cc1ccc(S(=O)(=O)[N-]/N=C/C2=C(C(=O)OC(c3ccccc3)c3ccccc3)N3C(=O)[C@@H](NC(=O)Cc4cccs4)[C@H]3SC2)cc1.[Li+]. The summed E-state index contributed by atoms with van der Waals surface area (Å²) in [6.45, 7) is 1.84. The fraction of sp³-hybridized carbons (Fsp3) is 0.176. The molecule has 6 rings (SSSR count). The molecule has 1 aromatic heterocycles. The van der Waals surface area contributed by atoms with Crippen LogP contribution in [0.3, 0.4) is 0 Å². The Hall–Kier alpha value is -4.12. The zero-order valence-electron chi connectivity index (χ0n) is 26.1. The van der Waals surface area contributed by atoms with Gasteiger partial charge in [-0.15, -0.1) is 23.1 Å². The molecule has 2 aliphatic heterocycles. The van der Waals surface area contributed by atoms with Crippen LogP contribution in [0.1, 0.15) is 27.7 Å². The Bertz CT molecular complexity index is 1900. The number of carbonyl (C=O) groups excluding carboxylic acids is 3. The first-order chi connectivity index (χ1) is 22.7. The van der Waals surface area contributed by atoms with Crippen molar-refractivity contribution in [1.29, 1.82) is 0 Å². The Balaban J connectivity index is 0.00000451. The zero-order chi connectivity index (χ0) is 33.0. The van der Waals surface area contributed by atoms with Crippen molar-refractivity contribution in [3.63, 3.8) is 0 Å². The van der Waals surface area contributed by atoms with Gasteiger partial charge in [0.05, 0.1) is 11.3 Å². The molecule has 1 saturated heterocycles. The number of rotatable bonds is 11. The quantitative estimate of drug-likeness (QED) is 0.0838. The van der Waals surface area contributed by atoms with Crippen molar-refractivity contribution in [3.05, 3.63) is 140 Å². The van der Waals surface area contributed by atoms with E-state index in [1.807, 2.05) is 85.1 Å². The minimum atomic E-state index is -4.12. The van der Waals surface area contributed by atoms with Crippen LogP contribution in [0.25, 0.3) is 4.83 Å². The van der Waals surface area contributed by atoms with Crippen molar-refractivity contribution in [2.45, 2.75) is 35.8 Å². The summed E-state index contributed by atoms with van der Waals surface area (Å²) in [7, 11) is -4.12. The first-order valence-corrected chi connectivity index (χ1v) is 18.0. The van der Waals surface area contributed by atoms with Gasteiger partial charge in [-0.25, -0.2) is 13.2 Å². The molecule has 0 spiro atoms. The number of thioether (sulfide) groups is 1. The predicted octanol–water partition coefficient (Wildman–Crippen LogP) is 2.34. The van der Waals surface area contributed by atoms with E-state index in [-0.39, 0.29) is 53.1 Å². The third-order valence-electron chi connectivity index (χ3n) is 7.54. The van der Waals surface area contributed by atoms with Crippen LogP contribution < -0.4 is 24.2 Å². The van der Waals surface area contributed by atoms with E-state index < -0.39 is 39.4 Å². The summed E-state index contributed by atoms with van der Waals surface area (Å²) in [5.74, 6) is -1.41. The number of hydrogen-bond acceptors (Lipinski definition) is 9. The normalized spacial score (nSPS) is 17.4. The van der Waals surface area contributed by atoms with Gasteiger partial charge in [0.15, 0.2) is 6.10 Å². The minimum absolute atomic E-state index is 0. The average Bonchev–Trinajstić information content (AvgIpc) is 3.59. The largest absolute Gasteiger partial charge is 1.00 e. The summed E-state index contributed by atoms with van der Waals surface area (Å²) < 4.78 is 31.7. The standard InChI is InChI=1S/C34H30N4O6S3.Li/c1-22-14-16-27(17-15-22)47(42,43)37-35-20-25-21-46-33-29(36-28(39)19-26-13-8-18-45-26)32(40)38(33)30(25)34(41)44-31(23-9-4-2-5-10-23)24-11-6-3-7-12-24;/h2-18,20,29,31,33H,19,21H2,1H3,(H2,36,37,39,41);/q;+1/p-1/t29-,33-;/m1./s1. The Morgan fingerprint density at radius 1 is 1.00 bits per heavy atom. The number of sulfonamides is 1. The fourth-order valence-corrected chi connectivity index (χ4v) is 7.93. The molecule has 2 aliphatic rings. The third-order valence-corrected chi connectivity index (χ3v) is 10.9. The molecule has 0 unspecified atom stereocenters. The number of carbonyl (C=O) groups is 3. The number of benzene rings is 3. The molecular formula is C34H29LiN4O6S3. The second-order valence-corrected chi connectivity index (χ2v) is 14.5. The Morgan fingerprint density at radius 3 is 2.25 bits per heavy atom. The maximum absolute atomic E-state index is 14.1. The second-order valence-electron chi connectivity index (χ2n) is 10.8. The van der Waals surface area contributed by atoms with Crippen molar-refractivity contribution in [1.82, 2.24) is 10.2 Å². The van der Waals surface area contributed by atoms with E-state index in [0.29, 0.717) is 0 Å². The van der Waals surface area contributed by atoms with Gasteiger partial charge in [-0.3, -0.25) is 14.5 Å². The summed E-state index contributed by atoms with van der Waals surface area (Å²) >= 11 is 2.76. The Morgan fingerprint density at radius 2 is 1.65 bits per heavy atom. The molecule has 3 heterocycles. The van der Waals surface area contributed by atoms with Crippen LogP contribution in [0.2, 0.25) is 0 Å². The van der Waals surface area contributed by atoms with E-state index in [9.17, 15) is 22.8 Å². The van der Waals surface area contributed by atoms with Gasteiger partial charge in [0, 0.05) is 22.4 Å². The van der Waals surface area contributed by atoms with E-state index in [4.69, 9.17) is 4.74 Å². The molecule has 0 saturated carbocycles. The molecule has 14 heteroatoms. The molecule has 1 N–H and O–H groups in total. The van der Waals surface area contributed by atoms with Gasteiger partial charge < -0.3 is 20.0 Å². The van der Waals surface area contributed by atoms with Gasteiger partial charge in [0.2, 0.25) is 5.91 Å². The summed E-state index contributed by atoms with van der Waals surface area (Å²) in [4.78, 5) is 46.1. The number of ether oxygens (including phenoxy) is 1. The van der Waals surface area contributed by atoms with E-state index >= 15 is 0 Å². The fourth-order valence-electron chi connectivity index (χ4n) is 5.19. The molecule has 48 heavy (non-hydrogen) atoms. The number of amides is 2. The molecular weight excluding hydrogens is 664 g/mol. The van der Waals surface area contributed by atoms with Gasteiger partial charge >= 0.3 is 24.8 Å². The first kappa shape index (κ1) is 35.2. The number of thiophene rings is 1. The van der Waals surface area contributed by atoms with E-state index in [1.54, 1.807) is 12.1 Å². The predicted molar refractivity (Wildman–Crippen MR) is 181 cm³/mol. The third kappa shape index (κ3) is 7.77. The summed E-state index contributed by atoms with van der Waals surface area (Å²) in [6.07, 6.45) is 0.503. The van der Waals surface area contributed by atoms with Crippen molar-refractivity contribution in [2.75, 3.05) is 5.75 Å². The van der Waals surface area contributed by atoms with Gasteiger partial charge in [0.25, 0.3) is 5.91 Å². The maximum Gasteiger partial charge on any atom is 1.00 e. The molecule has 240 valence electrons. The number of aryl methyl sites for hydroxylation is 1. The Kier molecular flexibility index (Phi) is 11.3. The topological polar surface area (TPSA) is 136 Å². The van der Waals surface area contributed by atoms with E-state index in [2.05, 4.69) is 15.2 Å². The minimum Gasteiger partial charge on any atom is -0.491 e. The van der Waals surface area contributed by atoms with Crippen LogP contribution in [-0.4, -0.2) is 54.5 Å². The smallest absolute Gasteiger partial charge is 0.491 e. The van der Waals surface area contributed by atoms with Gasteiger partial charge in [-0.05, 0) is 41.6 Å². The number of nitrogens with zero attached hydrogens (tertiary/aromatic N) is 3. The van der Waals surface area contributed by atoms with Crippen LogP contribution in [0.4, 0.5) is 0 Å². The number of esters is 1. The number of fused-ring (bicyclic) bond motifs is 1. The van der Waals surface area contributed by atoms with Gasteiger partial charge in [-0.1, -0.05) is 84.4 Å². The Labute approximate surface area is 298 Å². The summed E-state index contributed by atoms with van der Waals surface area (Å²) in [5, 5.41) is 7.94. The molecule has 10 nitrogen and oxygen atoms in total. The zero-order valence-corrected chi connectivity index (χ0v) is 28.5. The van der Waals surface area contributed by atoms with Crippen molar-refractivity contribution < 1.29 is 46.4 Å². The maximum atomic E-state index is 14.1. The monoisotopic (exact) mass is 692 g/mol. The molecule has 0 radical (unpaired) electrons. The first-order valence-electron chi connectivity index (χ1n) is 14.6. The molecule has 0 aliphatic carbocycles. The van der Waals surface area contributed by atoms with E-state index in [0.717, 1.165) is 21.6 Å². The molecule has 1 fully saturated rings. The number of β-lactam (4-membered cyclic amide) rings is 1. The molecule has 3 aromatic carbocycles. The van der Waals surface area contributed by atoms with Crippen LogP contribution in [0.15, 0.2) is 124 Å². The number of hydrogen-bond donors (Lipinski definition) is 1. The molecule has 2 atom stereocenters. The molecule has 0 bridgehead atoms. The van der Waals surface area contributed by atoms with Crippen LogP contribution in [0, 0.1) is 6.92 Å². The average molecular weight is 693 g/mol.